The third kappa shape index (κ3) is 18.9. The largest absolute Gasteiger partial charge is 0.480 e. The molecular formula is C39H72N8O11. The smallest absolute Gasteiger partial charge is 0.328 e. The van der Waals surface area contributed by atoms with Gasteiger partial charge in [-0.15, -0.1) is 0 Å². The first-order valence-corrected chi connectivity index (χ1v) is 20.2. The van der Waals surface area contributed by atoms with Gasteiger partial charge in [0.2, 0.25) is 41.4 Å². The van der Waals surface area contributed by atoms with E-state index in [4.69, 9.17) is 5.73 Å². The maximum atomic E-state index is 13.9. The molecule has 19 heteroatoms. The van der Waals surface area contributed by atoms with E-state index in [1.807, 2.05) is 34.6 Å². The van der Waals surface area contributed by atoms with Crippen LogP contribution >= 0.6 is 0 Å². The van der Waals surface area contributed by atoms with Gasteiger partial charge in [-0.1, -0.05) is 75.7 Å². The van der Waals surface area contributed by atoms with Crippen molar-refractivity contribution >= 4 is 47.3 Å². The molecule has 0 aliphatic carbocycles. The molecule has 0 unspecified atom stereocenters. The van der Waals surface area contributed by atoms with Crippen molar-refractivity contribution in [1.82, 2.24) is 37.2 Å². The van der Waals surface area contributed by atoms with Crippen molar-refractivity contribution in [2.75, 3.05) is 6.61 Å². The average molecular weight is 829 g/mol. The molecule has 0 spiro atoms. The highest BCUT2D eigenvalue weighted by Gasteiger charge is 2.37. The molecule has 0 saturated heterocycles. The van der Waals surface area contributed by atoms with Crippen LogP contribution in [0.25, 0.3) is 0 Å². The number of aliphatic hydroxyl groups is 2. The van der Waals surface area contributed by atoms with Crippen molar-refractivity contribution in [2.24, 2.45) is 35.3 Å². The number of rotatable bonds is 26. The molecule has 0 fully saturated rings. The van der Waals surface area contributed by atoms with E-state index in [2.05, 4.69) is 37.2 Å². The van der Waals surface area contributed by atoms with Crippen molar-refractivity contribution < 1.29 is 53.7 Å². The third-order valence-corrected chi connectivity index (χ3v) is 9.33. The first kappa shape index (κ1) is 53.6. The van der Waals surface area contributed by atoms with Gasteiger partial charge in [0.1, 0.15) is 42.3 Å². The predicted molar refractivity (Wildman–Crippen MR) is 216 cm³/mol. The Labute approximate surface area is 342 Å². The molecule has 0 aliphatic heterocycles. The van der Waals surface area contributed by atoms with Crippen LogP contribution in [0.4, 0.5) is 0 Å². The summed E-state index contributed by atoms with van der Waals surface area (Å²) in [6, 6.07) is -9.95. The molecule has 19 nitrogen and oxygen atoms in total. The number of aliphatic hydroxyl groups excluding tert-OH is 2. The summed E-state index contributed by atoms with van der Waals surface area (Å²) >= 11 is 0. The fourth-order valence-corrected chi connectivity index (χ4v) is 5.79. The van der Waals surface area contributed by atoms with Gasteiger partial charge in [0.25, 0.3) is 0 Å². The van der Waals surface area contributed by atoms with E-state index in [-0.39, 0.29) is 37.0 Å². The summed E-state index contributed by atoms with van der Waals surface area (Å²) in [6.07, 6.45) is -0.585. The van der Waals surface area contributed by atoms with Gasteiger partial charge in [-0.25, -0.2) is 4.79 Å². The summed E-state index contributed by atoms with van der Waals surface area (Å²) in [6.45, 7) is 19.5. The summed E-state index contributed by atoms with van der Waals surface area (Å²) in [7, 11) is 0. The van der Waals surface area contributed by atoms with Crippen LogP contribution in [-0.2, 0) is 38.4 Å². The number of amides is 7. The number of hydrogen-bond donors (Lipinski definition) is 11. The number of carbonyl (C=O) groups is 8. The molecule has 0 aromatic heterocycles. The van der Waals surface area contributed by atoms with Gasteiger partial charge in [-0.05, 0) is 62.7 Å². The Balaban J connectivity index is 6.36. The van der Waals surface area contributed by atoms with Crippen LogP contribution in [0.3, 0.4) is 0 Å². The molecular weight excluding hydrogens is 756 g/mol. The van der Waals surface area contributed by atoms with Crippen molar-refractivity contribution in [3.63, 3.8) is 0 Å². The standard InChI is InChI=1S/C39H72N8O11/c1-13-22(10)30(46-34(52)25(14-18(2)3)41-32(50)23(11)40)37(55)42-27(16-20(6)7)35(53)47-31(24(12)49)38(56)43-26(15-19(4)5)33(51)45-29(21(8)9)36(54)44-28(17-48)39(57)58/h18-31,48-49H,13-17,40H2,1-12H3,(H,41,50)(H,42,55)(H,43,56)(H,44,54)(H,45,51)(H,46,52)(H,47,53)(H,57,58)/t22-,23-,24+,25-,26-,27-,28-,29-,30-,31-/m0/s1. The van der Waals surface area contributed by atoms with Crippen LogP contribution < -0.4 is 43.0 Å². The second-order valence-corrected chi connectivity index (χ2v) is 16.8. The number of carboxylic acids is 1. The lowest BCUT2D eigenvalue weighted by molar-refractivity contribution is -0.143. The molecule has 12 N–H and O–H groups in total. The molecule has 0 heterocycles. The summed E-state index contributed by atoms with van der Waals surface area (Å²) in [5.74, 6) is -8.00. The van der Waals surface area contributed by atoms with Gasteiger partial charge in [0.15, 0.2) is 0 Å². The zero-order valence-electron chi connectivity index (χ0n) is 36.3. The second-order valence-electron chi connectivity index (χ2n) is 16.8. The molecule has 334 valence electrons. The number of aliphatic carboxylic acids is 1. The summed E-state index contributed by atoms with van der Waals surface area (Å²) in [5.41, 5.74) is 5.71. The van der Waals surface area contributed by atoms with Gasteiger partial charge in [-0.2, -0.15) is 0 Å². The van der Waals surface area contributed by atoms with Gasteiger partial charge >= 0.3 is 5.97 Å². The van der Waals surface area contributed by atoms with Crippen molar-refractivity contribution in [3.05, 3.63) is 0 Å². The quantitative estimate of drug-likeness (QED) is 0.0502. The van der Waals surface area contributed by atoms with Crippen molar-refractivity contribution in [2.45, 2.75) is 163 Å². The molecule has 0 saturated carbocycles. The van der Waals surface area contributed by atoms with E-state index >= 15 is 0 Å². The van der Waals surface area contributed by atoms with Crippen LogP contribution in [0, 0.1) is 29.6 Å². The van der Waals surface area contributed by atoms with E-state index < -0.39 is 120 Å². The van der Waals surface area contributed by atoms with Gasteiger partial charge in [0, 0.05) is 0 Å². The lowest BCUT2D eigenvalue weighted by atomic mass is 9.95. The van der Waals surface area contributed by atoms with E-state index in [1.165, 1.54) is 13.8 Å². The minimum absolute atomic E-state index is 0.00244. The molecule has 0 aliphatic rings. The van der Waals surface area contributed by atoms with Crippen molar-refractivity contribution in [3.8, 4) is 0 Å². The SMILES string of the molecule is CC[C@H](C)[C@H](NC(=O)[C@H](CC(C)C)NC(=O)[C@H](C)N)C(=O)N[C@@H](CC(C)C)C(=O)N[C@H](C(=O)N[C@@H](CC(C)C)C(=O)N[C@H](C(=O)N[C@@H](CO)C(=O)O)C(C)C)[C@@H](C)O. The summed E-state index contributed by atoms with van der Waals surface area (Å²) in [5, 5.41) is 47.1. The highest BCUT2D eigenvalue weighted by atomic mass is 16.4. The second kappa shape index (κ2) is 25.9. The molecule has 58 heavy (non-hydrogen) atoms. The van der Waals surface area contributed by atoms with Crippen LogP contribution in [0.15, 0.2) is 0 Å². The lowest BCUT2D eigenvalue weighted by Crippen LogP contribution is -2.62. The lowest BCUT2D eigenvalue weighted by Gasteiger charge is -2.31. The number of carboxylic acid groups (broad SMARTS) is 1. The minimum atomic E-state index is -1.61. The fraction of sp³-hybridized carbons (Fsp3) is 0.795. The molecule has 10 atom stereocenters. The zero-order valence-corrected chi connectivity index (χ0v) is 36.3. The highest BCUT2D eigenvalue weighted by Crippen LogP contribution is 2.14. The van der Waals surface area contributed by atoms with E-state index in [0.717, 1.165) is 0 Å². The van der Waals surface area contributed by atoms with Gasteiger partial charge < -0.3 is 58.3 Å². The number of carbonyl (C=O) groups excluding carboxylic acids is 7. The van der Waals surface area contributed by atoms with E-state index in [0.29, 0.717) is 6.42 Å². The molecule has 0 radical (unpaired) electrons. The van der Waals surface area contributed by atoms with E-state index in [1.54, 1.807) is 34.6 Å². The molecule has 0 rings (SSSR count). The maximum absolute atomic E-state index is 13.9. The Kier molecular flexibility index (Phi) is 23.9. The Morgan fingerprint density at radius 1 is 0.483 bits per heavy atom. The van der Waals surface area contributed by atoms with Crippen LogP contribution in [0.1, 0.15) is 109 Å². The van der Waals surface area contributed by atoms with Crippen LogP contribution in [0.2, 0.25) is 0 Å². The molecule has 0 aromatic rings. The first-order valence-electron chi connectivity index (χ1n) is 20.2. The Hall–Kier alpha value is -4.36. The highest BCUT2D eigenvalue weighted by molar-refractivity contribution is 5.97. The topological polar surface area (TPSA) is 307 Å². The average Bonchev–Trinajstić information content (AvgIpc) is 3.10. The molecule has 7 amide bonds. The zero-order chi connectivity index (χ0) is 45.2. The van der Waals surface area contributed by atoms with Crippen molar-refractivity contribution in [1.29, 1.82) is 0 Å². The minimum Gasteiger partial charge on any atom is -0.480 e. The fourth-order valence-electron chi connectivity index (χ4n) is 5.79. The normalized spacial score (nSPS) is 16.7. The Bertz CT molecular complexity index is 1390. The third-order valence-electron chi connectivity index (χ3n) is 9.33. The van der Waals surface area contributed by atoms with Crippen LogP contribution in [-0.4, -0.2) is 124 Å². The maximum Gasteiger partial charge on any atom is 0.328 e. The van der Waals surface area contributed by atoms with E-state index in [9.17, 15) is 53.7 Å². The summed E-state index contributed by atoms with van der Waals surface area (Å²) in [4.78, 5) is 105. The van der Waals surface area contributed by atoms with Gasteiger partial charge in [-0.3, -0.25) is 33.6 Å². The first-order chi connectivity index (χ1) is 26.8. The number of nitrogens with one attached hydrogen (secondary N) is 7. The summed E-state index contributed by atoms with van der Waals surface area (Å²) < 4.78 is 0. The van der Waals surface area contributed by atoms with Crippen LogP contribution in [0.5, 0.6) is 0 Å². The number of hydrogen-bond acceptors (Lipinski definition) is 11. The Morgan fingerprint density at radius 3 is 1.12 bits per heavy atom. The number of nitrogens with two attached hydrogens (primary N) is 1. The molecule has 0 bridgehead atoms. The predicted octanol–water partition coefficient (Wildman–Crippen LogP) is -0.975. The molecule has 0 aromatic carbocycles. The monoisotopic (exact) mass is 829 g/mol. The van der Waals surface area contributed by atoms with Gasteiger partial charge in [0.05, 0.1) is 18.8 Å². The Morgan fingerprint density at radius 2 is 0.810 bits per heavy atom.